The van der Waals surface area contributed by atoms with Crippen molar-refractivity contribution >= 4 is 33.5 Å². The van der Waals surface area contributed by atoms with E-state index in [1.54, 1.807) is 0 Å². The number of benzene rings is 5. The second-order valence-corrected chi connectivity index (χ2v) is 9.62. The first-order valence-electron chi connectivity index (χ1n) is 12.2. The fourth-order valence-electron chi connectivity index (χ4n) is 4.83. The molecular weight excluding hydrogens is 476 g/mol. The number of rotatable bonds is 4. The summed E-state index contributed by atoms with van der Waals surface area (Å²) in [4.78, 5) is 0. The van der Waals surface area contributed by atoms with Crippen LogP contribution in [0.2, 0.25) is 5.02 Å². The van der Waals surface area contributed by atoms with E-state index in [1.165, 1.54) is 0 Å². The predicted octanol–water partition coefficient (Wildman–Crippen LogP) is 10.5. The molecule has 0 saturated heterocycles. The van der Waals surface area contributed by atoms with E-state index in [1.807, 2.05) is 48.5 Å². The van der Waals surface area contributed by atoms with Crippen molar-refractivity contribution in [2.45, 2.75) is 0 Å². The SMILES string of the molecule is Clc1cc(-c2ccc(-c3cc4ccccc4o3)cc2)cc(-c2ccc(-c3cc4ccccc4o3)cc2)c1. The molecule has 7 rings (SSSR count). The molecule has 0 amide bonds. The van der Waals surface area contributed by atoms with E-state index in [0.29, 0.717) is 5.02 Å². The normalized spacial score (nSPS) is 11.4. The lowest BCUT2D eigenvalue weighted by Crippen LogP contribution is -1.84. The number of hydrogen-bond donors (Lipinski definition) is 0. The quantitative estimate of drug-likeness (QED) is 0.242. The van der Waals surface area contributed by atoms with Gasteiger partial charge in [-0.25, -0.2) is 0 Å². The second kappa shape index (κ2) is 8.85. The van der Waals surface area contributed by atoms with Gasteiger partial charge in [-0.2, -0.15) is 0 Å². The maximum Gasteiger partial charge on any atom is 0.135 e. The fraction of sp³-hybridized carbons (Fsp3) is 0. The van der Waals surface area contributed by atoms with Crippen LogP contribution in [0.5, 0.6) is 0 Å². The Morgan fingerprint density at radius 3 is 1.22 bits per heavy atom. The minimum absolute atomic E-state index is 0.704. The molecule has 0 fully saturated rings. The van der Waals surface area contributed by atoms with Crippen LogP contribution < -0.4 is 0 Å². The lowest BCUT2D eigenvalue weighted by Gasteiger charge is -2.09. The lowest BCUT2D eigenvalue weighted by molar-refractivity contribution is 0.631. The van der Waals surface area contributed by atoms with E-state index in [9.17, 15) is 0 Å². The van der Waals surface area contributed by atoms with E-state index in [4.69, 9.17) is 20.4 Å². The molecule has 3 heteroatoms. The van der Waals surface area contributed by atoms with Crippen LogP contribution >= 0.6 is 11.6 Å². The largest absolute Gasteiger partial charge is 0.456 e. The molecule has 0 saturated carbocycles. The van der Waals surface area contributed by atoms with Crippen molar-refractivity contribution in [1.82, 2.24) is 0 Å². The first-order chi connectivity index (χ1) is 18.2. The van der Waals surface area contributed by atoms with Gasteiger partial charge in [0.25, 0.3) is 0 Å². The molecule has 0 unspecified atom stereocenters. The number of para-hydroxylation sites is 2. The predicted molar refractivity (Wildman–Crippen MR) is 153 cm³/mol. The summed E-state index contributed by atoms with van der Waals surface area (Å²) >= 11 is 6.56. The molecule has 0 radical (unpaired) electrons. The third kappa shape index (κ3) is 4.12. The van der Waals surface area contributed by atoms with Crippen LogP contribution in [0.25, 0.3) is 66.8 Å². The zero-order valence-corrected chi connectivity index (χ0v) is 20.6. The highest BCUT2D eigenvalue weighted by molar-refractivity contribution is 6.31. The van der Waals surface area contributed by atoms with Crippen LogP contribution in [0.15, 0.2) is 136 Å². The lowest BCUT2D eigenvalue weighted by atomic mass is 9.97. The zero-order valence-electron chi connectivity index (χ0n) is 19.8. The summed E-state index contributed by atoms with van der Waals surface area (Å²) in [5, 5.41) is 2.91. The minimum atomic E-state index is 0.704. The number of hydrogen-bond acceptors (Lipinski definition) is 2. The van der Waals surface area contributed by atoms with E-state index in [0.717, 1.165) is 66.8 Å². The molecule has 5 aromatic carbocycles. The summed E-state index contributed by atoms with van der Waals surface area (Å²) in [6.07, 6.45) is 0. The molecule has 0 aliphatic rings. The van der Waals surface area contributed by atoms with Crippen LogP contribution in [-0.2, 0) is 0 Å². The third-order valence-electron chi connectivity index (χ3n) is 6.75. The second-order valence-electron chi connectivity index (χ2n) is 9.18. The molecule has 7 aromatic rings. The van der Waals surface area contributed by atoms with E-state index in [2.05, 4.69) is 78.9 Å². The molecule has 37 heavy (non-hydrogen) atoms. The molecule has 0 aliphatic carbocycles. The van der Waals surface area contributed by atoms with Crippen molar-refractivity contribution in [3.8, 4) is 44.9 Å². The van der Waals surface area contributed by atoms with Crippen molar-refractivity contribution in [1.29, 1.82) is 0 Å². The average molecular weight is 497 g/mol. The Hall–Kier alpha value is -4.53. The molecule has 0 aliphatic heterocycles. The van der Waals surface area contributed by atoms with E-state index in [-0.39, 0.29) is 0 Å². The van der Waals surface area contributed by atoms with Crippen molar-refractivity contribution in [3.63, 3.8) is 0 Å². The molecule has 0 atom stereocenters. The Bertz CT molecular complexity index is 1670. The van der Waals surface area contributed by atoms with Gasteiger partial charge in [-0.05, 0) is 64.7 Å². The van der Waals surface area contributed by atoms with E-state index >= 15 is 0 Å². The van der Waals surface area contributed by atoms with Gasteiger partial charge in [-0.3, -0.25) is 0 Å². The van der Waals surface area contributed by atoms with Crippen LogP contribution in [0.4, 0.5) is 0 Å². The van der Waals surface area contributed by atoms with Gasteiger partial charge in [-0.15, -0.1) is 0 Å². The molecule has 2 aromatic heterocycles. The van der Waals surface area contributed by atoms with Gasteiger partial charge in [0.1, 0.15) is 22.7 Å². The van der Waals surface area contributed by atoms with Gasteiger partial charge in [0, 0.05) is 26.9 Å². The van der Waals surface area contributed by atoms with Crippen LogP contribution in [0, 0.1) is 0 Å². The van der Waals surface area contributed by atoms with Gasteiger partial charge in [-0.1, -0.05) is 96.5 Å². The van der Waals surface area contributed by atoms with Gasteiger partial charge in [0.05, 0.1) is 0 Å². The highest BCUT2D eigenvalue weighted by Crippen LogP contribution is 2.34. The summed E-state index contributed by atoms with van der Waals surface area (Å²) in [7, 11) is 0. The Morgan fingerprint density at radius 2 is 0.784 bits per heavy atom. The summed E-state index contributed by atoms with van der Waals surface area (Å²) in [6.45, 7) is 0. The Labute approximate surface area is 219 Å². The number of fused-ring (bicyclic) bond motifs is 2. The standard InChI is InChI=1S/C34H21ClO2/c35-30-18-28(22-9-13-24(14-10-22)33-20-26-5-1-3-7-31(26)36-33)17-29(19-30)23-11-15-25(16-12-23)34-21-27-6-2-4-8-32(27)37-34/h1-21H. The summed E-state index contributed by atoms with van der Waals surface area (Å²) < 4.78 is 12.1. The van der Waals surface area contributed by atoms with Gasteiger partial charge in [0.2, 0.25) is 0 Å². The van der Waals surface area contributed by atoms with Crippen molar-refractivity contribution in [2.75, 3.05) is 0 Å². The monoisotopic (exact) mass is 496 g/mol. The summed E-state index contributed by atoms with van der Waals surface area (Å²) in [6, 6.07) is 43.3. The first-order valence-corrected chi connectivity index (χ1v) is 12.6. The molecular formula is C34H21ClO2. The summed E-state index contributed by atoms with van der Waals surface area (Å²) in [5.41, 5.74) is 8.22. The van der Waals surface area contributed by atoms with Crippen molar-refractivity contribution in [3.05, 3.63) is 132 Å². The molecule has 2 heterocycles. The average Bonchev–Trinajstić information content (AvgIpc) is 3.58. The van der Waals surface area contributed by atoms with Crippen molar-refractivity contribution < 1.29 is 8.83 Å². The Kier molecular flexibility index (Phi) is 5.20. The van der Waals surface area contributed by atoms with Gasteiger partial charge < -0.3 is 8.83 Å². The smallest absolute Gasteiger partial charge is 0.135 e. The highest BCUT2D eigenvalue weighted by atomic mass is 35.5. The molecule has 176 valence electrons. The third-order valence-corrected chi connectivity index (χ3v) is 6.97. The van der Waals surface area contributed by atoms with E-state index < -0.39 is 0 Å². The number of furan rings is 2. The van der Waals surface area contributed by atoms with Crippen molar-refractivity contribution in [2.24, 2.45) is 0 Å². The summed E-state index contributed by atoms with van der Waals surface area (Å²) in [5.74, 6) is 1.73. The fourth-order valence-corrected chi connectivity index (χ4v) is 5.06. The Morgan fingerprint density at radius 1 is 0.378 bits per heavy atom. The number of halogens is 1. The highest BCUT2D eigenvalue weighted by Gasteiger charge is 2.10. The molecule has 0 spiro atoms. The molecule has 0 N–H and O–H groups in total. The van der Waals surface area contributed by atoms with Crippen LogP contribution in [-0.4, -0.2) is 0 Å². The molecule has 0 bridgehead atoms. The molecule has 2 nitrogen and oxygen atoms in total. The minimum Gasteiger partial charge on any atom is -0.456 e. The Balaban J connectivity index is 1.18. The van der Waals surface area contributed by atoms with Gasteiger partial charge >= 0.3 is 0 Å². The maximum absolute atomic E-state index is 6.56. The van der Waals surface area contributed by atoms with Gasteiger partial charge in [0.15, 0.2) is 0 Å². The zero-order chi connectivity index (χ0) is 24.8. The first kappa shape index (κ1) is 21.7. The maximum atomic E-state index is 6.56. The van der Waals surface area contributed by atoms with Crippen LogP contribution in [0.3, 0.4) is 0 Å². The van der Waals surface area contributed by atoms with Crippen LogP contribution in [0.1, 0.15) is 0 Å². The topological polar surface area (TPSA) is 26.3 Å².